The quantitative estimate of drug-likeness (QED) is 0.851. The van der Waals surface area contributed by atoms with Gasteiger partial charge in [-0.05, 0) is 56.9 Å². The molecular weight excluding hydrogens is 234 g/mol. The van der Waals surface area contributed by atoms with Crippen LogP contribution in [0.2, 0.25) is 0 Å². The van der Waals surface area contributed by atoms with E-state index in [1.54, 1.807) is 0 Å². The Labute approximate surface area is 116 Å². The Kier molecular flexibility index (Phi) is 3.70. The van der Waals surface area contributed by atoms with Gasteiger partial charge in [-0.15, -0.1) is 0 Å². The molecule has 2 heteroatoms. The summed E-state index contributed by atoms with van der Waals surface area (Å²) >= 11 is 0. The minimum atomic E-state index is 0.181. The van der Waals surface area contributed by atoms with E-state index in [9.17, 15) is 0 Å². The molecule has 0 aliphatic heterocycles. The lowest BCUT2D eigenvalue weighted by molar-refractivity contribution is 0.117. The third-order valence-corrected chi connectivity index (χ3v) is 5.53. The Bertz CT molecular complexity index is 436. The highest BCUT2D eigenvalue weighted by Gasteiger charge is 2.35. The Morgan fingerprint density at radius 1 is 1.11 bits per heavy atom. The third kappa shape index (κ3) is 2.60. The second-order valence-corrected chi connectivity index (χ2v) is 6.77. The monoisotopic (exact) mass is 261 g/mol. The van der Waals surface area contributed by atoms with E-state index in [2.05, 4.69) is 13.0 Å². The Morgan fingerprint density at radius 3 is 2.53 bits per heavy atom. The first-order chi connectivity index (χ1) is 9.15. The van der Waals surface area contributed by atoms with Crippen molar-refractivity contribution in [2.75, 3.05) is 0 Å². The van der Waals surface area contributed by atoms with Gasteiger partial charge in [0.1, 0.15) is 11.5 Å². The first kappa shape index (κ1) is 13.2. The largest absolute Gasteiger partial charge is 0.466 e. The summed E-state index contributed by atoms with van der Waals surface area (Å²) in [6, 6.07) is 2.33. The molecule has 4 unspecified atom stereocenters. The van der Waals surface area contributed by atoms with E-state index < -0.39 is 0 Å². The predicted molar refractivity (Wildman–Crippen MR) is 77.9 cm³/mol. The molecule has 0 spiro atoms. The molecule has 0 aromatic carbocycles. The number of hydrogen-bond donors (Lipinski definition) is 1. The molecule has 2 saturated carbocycles. The second kappa shape index (κ2) is 5.32. The van der Waals surface area contributed by atoms with E-state index >= 15 is 0 Å². The highest BCUT2D eigenvalue weighted by atomic mass is 16.3. The zero-order valence-electron chi connectivity index (χ0n) is 12.3. The van der Waals surface area contributed by atoms with Crippen LogP contribution in [0.1, 0.15) is 68.1 Å². The summed E-state index contributed by atoms with van der Waals surface area (Å²) in [7, 11) is 0. The molecular formula is C17H27NO. The Morgan fingerprint density at radius 2 is 1.84 bits per heavy atom. The van der Waals surface area contributed by atoms with E-state index in [0.29, 0.717) is 5.92 Å². The molecule has 106 valence electrons. The highest BCUT2D eigenvalue weighted by molar-refractivity contribution is 5.24. The van der Waals surface area contributed by atoms with Crippen LogP contribution in [-0.2, 0) is 0 Å². The highest BCUT2D eigenvalue weighted by Crippen LogP contribution is 2.46. The standard InChI is InChI=1S/C17H27NO/c1-11-9-16(12(2)19-11)17(18)15-8-7-13-5-3-4-6-14(13)10-15/h9,13-15,17H,3-8,10,18H2,1-2H3. The number of aryl methyl sites for hydroxylation is 2. The van der Waals surface area contributed by atoms with Gasteiger partial charge in [0, 0.05) is 11.6 Å². The van der Waals surface area contributed by atoms with Crippen LogP contribution in [0.25, 0.3) is 0 Å². The van der Waals surface area contributed by atoms with Crippen molar-refractivity contribution in [1.29, 1.82) is 0 Å². The van der Waals surface area contributed by atoms with Gasteiger partial charge in [0.05, 0.1) is 0 Å². The van der Waals surface area contributed by atoms with Crippen LogP contribution in [-0.4, -0.2) is 0 Å². The molecule has 1 heterocycles. The fraction of sp³-hybridized carbons (Fsp3) is 0.765. The Balaban J connectivity index is 1.70. The van der Waals surface area contributed by atoms with Crippen molar-refractivity contribution in [3.8, 4) is 0 Å². The van der Waals surface area contributed by atoms with Crippen molar-refractivity contribution in [3.05, 3.63) is 23.2 Å². The summed E-state index contributed by atoms with van der Waals surface area (Å²) in [6.45, 7) is 4.07. The average Bonchev–Trinajstić information content (AvgIpc) is 2.76. The summed E-state index contributed by atoms with van der Waals surface area (Å²) < 4.78 is 5.65. The van der Waals surface area contributed by atoms with Crippen LogP contribution >= 0.6 is 0 Å². The SMILES string of the molecule is Cc1cc(C(N)C2CCC3CCCCC3C2)c(C)o1. The minimum absolute atomic E-state index is 0.181. The molecule has 1 aromatic heterocycles. The number of rotatable bonds is 2. The zero-order chi connectivity index (χ0) is 13.4. The topological polar surface area (TPSA) is 39.2 Å². The first-order valence-electron chi connectivity index (χ1n) is 7.97. The van der Waals surface area contributed by atoms with E-state index in [4.69, 9.17) is 10.2 Å². The molecule has 19 heavy (non-hydrogen) atoms. The molecule has 4 atom stereocenters. The number of furan rings is 1. The molecule has 2 N–H and O–H groups in total. The molecule has 0 saturated heterocycles. The number of fused-ring (bicyclic) bond motifs is 1. The van der Waals surface area contributed by atoms with Crippen molar-refractivity contribution in [1.82, 2.24) is 0 Å². The maximum Gasteiger partial charge on any atom is 0.105 e. The van der Waals surface area contributed by atoms with Gasteiger partial charge in [-0.1, -0.05) is 25.7 Å². The minimum Gasteiger partial charge on any atom is -0.466 e. The van der Waals surface area contributed by atoms with Gasteiger partial charge >= 0.3 is 0 Å². The molecule has 0 amide bonds. The Hall–Kier alpha value is -0.760. The van der Waals surface area contributed by atoms with Gasteiger partial charge in [-0.2, -0.15) is 0 Å². The maximum absolute atomic E-state index is 6.55. The molecule has 1 aromatic rings. The molecule has 2 aliphatic rings. The van der Waals surface area contributed by atoms with E-state index in [1.165, 1.54) is 50.5 Å². The summed E-state index contributed by atoms with van der Waals surface area (Å²) in [5, 5.41) is 0. The van der Waals surface area contributed by atoms with Crippen LogP contribution in [0.4, 0.5) is 0 Å². The lowest BCUT2D eigenvalue weighted by Crippen LogP contribution is -2.33. The van der Waals surface area contributed by atoms with Crippen molar-refractivity contribution in [3.63, 3.8) is 0 Å². The normalized spacial score (nSPS) is 32.9. The third-order valence-electron chi connectivity index (χ3n) is 5.53. The van der Waals surface area contributed by atoms with E-state index in [1.807, 2.05) is 6.92 Å². The van der Waals surface area contributed by atoms with Crippen LogP contribution in [0.15, 0.2) is 10.5 Å². The molecule has 0 bridgehead atoms. The van der Waals surface area contributed by atoms with Crippen LogP contribution in [0.3, 0.4) is 0 Å². The molecule has 2 aliphatic carbocycles. The van der Waals surface area contributed by atoms with Crippen molar-refractivity contribution in [2.45, 2.75) is 64.8 Å². The van der Waals surface area contributed by atoms with Gasteiger partial charge in [-0.25, -0.2) is 0 Å². The fourth-order valence-corrected chi connectivity index (χ4v) is 4.47. The summed E-state index contributed by atoms with van der Waals surface area (Å²) in [4.78, 5) is 0. The predicted octanol–water partition coefficient (Wildman–Crippen LogP) is 4.50. The van der Waals surface area contributed by atoms with Gasteiger partial charge in [0.2, 0.25) is 0 Å². The van der Waals surface area contributed by atoms with Crippen LogP contribution in [0.5, 0.6) is 0 Å². The summed E-state index contributed by atoms with van der Waals surface area (Å²) in [5.74, 6) is 4.64. The summed E-state index contributed by atoms with van der Waals surface area (Å²) in [6.07, 6.45) is 9.86. The lowest BCUT2D eigenvalue weighted by atomic mass is 9.65. The van der Waals surface area contributed by atoms with Gasteiger partial charge in [0.25, 0.3) is 0 Å². The fourth-order valence-electron chi connectivity index (χ4n) is 4.47. The number of hydrogen-bond acceptors (Lipinski definition) is 2. The van der Waals surface area contributed by atoms with Gasteiger partial charge in [0.15, 0.2) is 0 Å². The molecule has 2 nitrogen and oxygen atoms in total. The average molecular weight is 261 g/mol. The van der Waals surface area contributed by atoms with Crippen molar-refractivity contribution < 1.29 is 4.42 Å². The van der Waals surface area contributed by atoms with Crippen LogP contribution in [0, 0.1) is 31.6 Å². The first-order valence-corrected chi connectivity index (χ1v) is 7.97. The number of nitrogens with two attached hydrogens (primary N) is 1. The maximum atomic E-state index is 6.55. The second-order valence-electron chi connectivity index (χ2n) is 6.77. The zero-order valence-corrected chi connectivity index (χ0v) is 12.3. The van der Waals surface area contributed by atoms with E-state index in [-0.39, 0.29) is 6.04 Å². The molecule has 3 rings (SSSR count). The van der Waals surface area contributed by atoms with Crippen molar-refractivity contribution in [2.24, 2.45) is 23.5 Å². The molecule has 2 fully saturated rings. The van der Waals surface area contributed by atoms with Gasteiger partial charge < -0.3 is 10.2 Å². The van der Waals surface area contributed by atoms with Crippen molar-refractivity contribution >= 4 is 0 Å². The lowest BCUT2D eigenvalue weighted by Gasteiger charge is -2.41. The molecule has 0 radical (unpaired) electrons. The van der Waals surface area contributed by atoms with Crippen LogP contribution < -0.4 is 5.73 Å². The smallest absolute Gasteiger partial charge is 0.105 e. The van der Waals surface area contributed by atoms with E-state index in [0.717, 1.165) is 23.4 Å². The van der Waals surface area contributed by atoms with Gasteiger partial charge in [-0.3, -0.25) is 0 Å². The summed E-state index contributed by atoms with van der Waals surface area (Å²) in [5.41, 5.74) is 7.79.